The summed E-state index contributed by atoms with van der Waals surface area (Å²) in [6, 6.07) is 12.2. The van der Waals surface area contributed by atoms with Crippen molar-refractivity contribution in [2.24, 2.45) is 5.92 Å². The Hall–Kier alpha value is -3.63. The first-order valence-corrected chi connectivity index (χ1v) is 15.6. The molecule has 2 aromatic rings. The van der Waals surface area contributed by atoms with Gasteiger partial charge in [0.05, 0.1) is 34.9 Å². The van der Waals surface area contributed by atoms with Gasteiger partial charge in [-0.1, -0.05) is 30.3 Å². The van der Waals surface area contributed by atoms with Crippen LogP contribution in [0.25, 0.3) is 0 Å². The number of rotatable bonds is 11. The monoisotopic (exact) mass is 587 g/mol. The number of thioether (sulfide) groups is 1. The van der Waals surface area contributed by atoms with E-state index in [-0.39, 0.29) is 40.9 Å². The van der Waals surface area contributed by atoms with Gasteiger partial charge in [-0.3, -0.25) is 14.3 Å². The second kappa shape index (κ2) is 14.1. The summed E-state index contributed by atoms with van der Waals surface area (Å²) < 4.78 is 32.4. The van der Waals surface area contributed by atoms with Crippen molar-refractivity contribution in [2.45, 2.75) is 31.3 Å². The van der Waals surface area contributed by atoms with Crippen molar-refractivity contribution in [2.75, 3.05) is 44.4 Å². The molecule has 0 radical (unpaired) electrons. The Balaban J connectivity index is 1.72. The summed E-state index contributed by atoms with van der Waals surface area (Å²) in [5.74, 6) is -1.21. The number of nitrogens with one attached hydrogen (secondary N) is 1. The lowest BCUT2D eigenvalue weighted by molar-refractivity contribution is -0.126. The Morgan fingerprint density at radius 3 is 2.48 bits per heavy atom. The number of nitriles is 1. The highest BCUT2D eigenvalue weighted by molar-refractivity contribution is 7.99. The molecular formula is C27H33N5O6S2. The number of nitrogens with zero attached hydrogens (tertiary/aromatic N) is 4. The van der Waals surface area contributed by atoms with Crippen LogP contribution in [0.15, 0.2) is 36.4 Å². The van der Waals surface area contributed by atoms with Gasteiger partial charge in [0.1, 0.15) is 11.9 Å². The topological polar surface area (TPSA) is 150 Å². The molecule has 0 bridgehead atoms. The van der Waals surface area contributed by atoms with Gasteiger partial charge in [-0.25, -0.2) is 18.2 Å². The summed E-state index contributed by atoms with van der Waals surface area (Å²) in [4.78, 5) is 45.4. The van der Waals surface area contributed by atoms with E-state index in [4.69, 9.17) is 4.74 Å². The Morgan fingerprint density at radius 1 is 1.20 bits per heavy atom. The van der Waals surface area contributed by atoms with Crippen LogP contribution in [-0.4, -0.2) is 75.6 Å². The van der Waals surface area contributed by atoms with Gasteiger partial charge < -0.3 is 14.5 Å². The van der Waals surface area contributed by atoms with E-state index in [9.17, 15) is 28.1 Å². The second-order valence-corrected chi connectivity index (χ2v) is 12.1. The molecule has 0 atom stereocenters. The lowest BCUT2D eigenvalue weighted by atomic mass is 9.96. The average Bonchev–Trinajstić information content (AvgIpc) is 2.92. The molecule has 13 heteroatoms. The number of hydrogen-bond acceptors (Lipinski definition) is 10. The number of amides is 2. The SMILES string of the molecule is CCOC(=O)c1cc(C#N)c(N2CCC(C(=O)NS(=O)(=O)Cc3ccccc3)CC2)nc1CSCC(=O)N(C)C. The van der Waals surface area contributed by atoms with Crippen molar-refractivity contribution in [3.8, 4) is 6.07 Å². The summed E-state index contributed by atoms with van der Waals surface area (Å²) in [6.07, 6.45) is 0.723. The van der Waals surface area contributed by atoms with Crippen LogP contribution in [0.4, 0.5) is 5.82 Å². The number of sulfonamides is 1. The summed E-state index contributed by atoms with van der Waals surface area (Å²) in [5, 5.41) is 9.82. The number of esters is 1. The van der Waals surface area contributed by atoms with Crippen LogP contribution in [0.2, 0.25) is 0 Å². The summed E-state index contributed by atoms with van der Waals surface area (Å²) in [5.41, 5.74) is 1.34. The van der Waals surface area contributed by atoms with Gasteiger partial charge in [-0.15, -0.1) is 11.8 Å². The maximum absolute atomic E-state index is 12.8. The Kier molecular flexibility index (Phi) is 10.9. The van der Waals surface area contributed by atoms with Crippen LogP contribution in [0.3, 0.4) is 0 Å². The molecule has 2 heterocycles. The molecule has 1 aromatic heterocycles. The number of carbonyl (C=O) groups is 3. The van der Waals surface area contributed by atoms with Gasteiger partial charge in [0.15, 0.2) is 0 Å². The number of ether oxygens (including phenoxy) is 1. The van der Waals surface area contributed by atoms with Crippen LogP contribution in [0.5, 0.6) is 0 Å². The minimum absolute atomic E-state index is 0.0808. The summed E-state index contributed by atoms with van der Waals surface area (Å²) >= 11 is 1.30. The van der Waals surface area contributed by atoms with Crippen molar-refractivity contribution in [1.82, 2.24) is 14.6 Å². The summed E-state index contributed by atoms with van der Waals surface area (Å²) in [6.45, 7) is 2.57. The highest BCUT2D eigenvalue weighted by Crippen LogP contribution is 2.28. The van der Waals surface area contributed by atoms with E-state index < -0.39 is 27.8 Å². The second-order valence-electron chi connectivity index (χ2n) is 9.44. The van der Waals surface area contributed by atoms with E-state index in [1.165, 1.54) is 22.7 Å². The van der Waals surface area contributed by atoms with Crippen molar-refractivity contribution in [3.63, 3.8) is 0 Å². The zero-order valence-electron chi connectivity index (χ0n) is 22.8. The predicted molar refractivity (Wildman–Crippen MR) is 152 cm³/mol. The van der Waals surface area contributed by atoms with Crippen LogP contribution in [0.1, 0.15) is 46.9 Å². The molecule has 0 spiro atoms. The number of piperidine rings is 1. The smallest absolute Gasteiger partial charge is 0.340 e. The number of pyridine rings is 1. The molecule has 11 nitrogen and oxygen atoms in total. The average molecular weight is 588 g/mol. The van der Waals surface area contributed by atoms with Gasteiger partial charge in [-0.05, 0) is 31.4 Å². The fourth-order valence-electron chi connectivity index (χ4n) is 4.14. The van der Waals surface area contributed by atoms with E-state index >= 15 is 0 Å². The predicted octanol–water partition coefficient (Wildman–Crippen LogP) is 2.31. The Labute approximate surface area is 238 Å². The lowest BCUT2D eigenvalue weighted by Crippen LogP contribution is -2.43. The first-order chi connectivity index (χ1) is 19.0. The maximum atomic E-state index is 12.8. The molecule has 1 aliphatic rings. The normalized spacial score (nSPS) is 13.8. The number of benzene rings is 1. The molecule has 1 aliphatic heterocycles. The highest BCUT2D eigenvalue weighted by atomic mass is 32.2. The van der Waals surface area contributed by atoms with Crippen LogP contribution < -0.4 is 9.62 Å². The molecule has 0 saturated carbocycles. The van der Waals surface area contributed by atoms with Crippen molar-refractivity contribution in [3.05, 3.63) is 58.8 Å². The quantitative estimate of drug-likeness (QED) is 0.388. The van der Waals surface area contributed by atoms with E-state index in [1.807, 2.05) is 4.90 Å². The van der Waals surface area contributed by atoms with Gasteiger partial charge in [0, 0.05) is 38.9 Å². The number of aromatic nitrogens is 1. The zero-order chi connectivity index (χ0) is 29.3. The van der Waals surface area contributed by atoms with Crippen LogP contribution >= 0.6 is 11.8 Å². The third-order valence-electron chi connectivity index (χ3n) is 6.28. The van der Waals surface area contributed by atoms with E-state index in [1.54, 1.807) is 51.4 Å². The fourth-order valence-corrected chi connectivity index (χ4v) is 6.27. The lowest BCUT2D eigenvalue weighted by Gasteiger charge is -2.33. The molecule has 1 saturated heterocycles. The molecule has 1 fully saturated rings. The molecule has 0 unspecified atom stereocenters. The largest absolute Gasteiger partial charge is 0.462 e. The van der Waals surface area contributed by atoms with E-state index in [0.717, 1.165) is 0 Å². The minimum atomic E-state index is -3.85. The molecular weight excluding hydrogens is 554 g/mol. The van der Waals surface area contributed by atoms with Crippen molar-refractivity contribution < 1.29 is 27.5 Å². The molecule has 3 rings (SSSR count). The van der Waals surface area contributed by atoms with Crippen LogP contribution in [0, 0.1) is 17.2 Å². The molecule has 2 amide bonds. The fraction of sp³-hybridized carbons (Fsp3) is 0.444. The van der Waals surface area contributed by atoms with E-state index in [0.29, 0.717) is 43.0 Å². The van der Waals surface area contributed by atoms with Gasteiger partial charge in [0.2, 0.25) is 21.8 Å². The number of anilines is 1. The van der Waals surface area contributed by atoms with Gasteiger partial charge in [0.25, 0.3) is 0 Å². The van der Waals surface area contributed by atoms with Gasteiger partial charge >= 0.3 is 5.97 Å². The molecule has 40 heavy (non-hydrogen) atoms. The van der Waals surface area contributed by atoms with Gasteiger partial charge in [-0.2, -0.15) is 5.26 Å². The number of carbonyl (C=O) groups excluding carboxylic acids is 3. The minimum Gasteiger partial charge on any atom is -0.462 e. The third kappa shape index (κ3) is 8.43. The number of hydrogen-bond donors (Lipinski definition) is 1. The highest BCUT2D eigenvalue weighted by Gasteiger charge is 2.30. The van der Waals surface area contributed by atoms with Crippen molar-refractivity contribution in [1.29, 1.82) is 5.26 Å². The molecule has 1 N–H and O–H groups in total. The first kappa shape index (κ1) is 30.9. The van der Waals surface area contributed by atoms with Crippen LogP contribution in [-0.2, 0) is 35.9 Å². The molecule has 214 valence electrons. The van der Waals surface area contributed by atoms with Crippen molar-refractivity contribution >= 4 is 45.4 Å². The maximum Gasteiger partial charge on any atom is 0.340 e. The van der Waals surface area contributed by atoms with E-state index in [2.05, 4.69) is 15.8 Å². The standard InChI is InChI=1S/C27H33N5O6S2/c1-4-38-27(35)22-14-21(15-28)25(29-23(22)16-39-17-24(33)31(2)3)32-12-10-20(11-13-32)26(34)30-40(36,37)18-19-8-6-5-7-9-19/h5-9,14,20H,4,10-13,16-18H2,1-3H3,(H,30,34). The zero-order valence-corrected chi connectivity index (χ0v) is 24.4. The molecule has 0 aliphatic carbocycles. The Bertz CT molecular complexity index is 1370. The third-order valence-corrected chi connectivity index (χ3v) is 8.44. The molecule has 1 aromatic carbocycles. The first-order valence-electron chi connectivity index (χ1n) is 12.8. The summed E-state index contributed by atoms with van der Waals surface area (Å²) in [7, 11) is -0.524. The Morgan fingerprint density at radius 2 is 1.88 bits per heavy atom.